The summed E-state index contributed by atoms with van der Waals surface area (Å²) in [5, 5.41) is 8.83. The topological polar surface area (TPSA) is 57.6 Å². The third-order valence-electron chi connectivity index (χ3n) is 3.61. The standard InChI is InChI=1S/C11H17NO3/c13-10(8-2-1-3-8)12-6-4-9(5-7-12)11(14)15/h8-9H,1-7H2,(H,14,15). The fraction of sp³-hybridized carbons (Fsp3) is 0.818. The molecule has 2 rings (SSSR count). The summed E-state index contributed by atoms with van der Waals surface area (Å²) in [7, 11) is 0. The van der Waals surface area contributed by atoms with Gasteiger partial charge in [-0.2, -0.15) is 0 Å². The van der Waals surface area contributed by atoms with Crippen LogP contribution in [-0.2, 0) is 9.59 Å². The summed E-state index contributed by atoms with van der Waals surface area (Å²) in [6.45, 7) is 1.26. The molecule has 84 valence electrons. The Labute approximate surface area is 89.3 Å². The fourth-order valence-corrected chi connectivity index (χ4v) is 2.26. The summed E-state index contributed by atoms with van der Waals surface area (Å²) < 4.78 is 0. The maximum atomic E-state index is 11.8. The number of carbonyl (C=O) groups is 2. The summed E-state index contributed by atoms with van der Waals surface area (Å²) in [6, 6.07) is 0. The van der Waals surface area contributed by atoms with E-state index < -0.39 is 5.97 Å². The molecule has 0 radical (unpaired) electrons. The third kappa shape index (κ3) is 2.13. The number of hydrogen-bond donors (Lipinski definition) is 1. The zero-order chi connectivity index (χ0) is 10.8. The Morgan fingerprint density at radius 1 is 1.00 bits per heavy atom. The lowest BCUT2D eigenvalue weighted by atomic mass is 9.83. The van der Waals surface area contributed by atoms with Crippen molar-refractivity contribution in [1.29, 1.82) is 0 Å². The van der Waals surface area contributed by atoms with Crippen LogP contribution in [0.1, 0.15) is 32.1 Å². The maximum absolute atomic E-state index is 11.8. The van der Waals surface area contributed by atoms with Gasteiger partial charge in [-0.25, -0.2) is 0 Å². The van der Waals surface area contributed by atoms with Crippen LogP contribution in [0.3, 0.4) is 0 Å². The van der Waals surface area contributed by atoms with E-state index in [1.54, 1.807) is 0 Å². The van der Waals surface area contributed by atoms with Crippen molar-refractivity contribution < 1.29 is 14.7 Å². The minimum atomic E-state index is -0.717. The molecule has 0 aromatic heterocycles. The van der Waals surface area contributed by atoms with Gasteiger partial charge in [-0.15, -0.1) is 0 Å². The number of hydrogen-bond acceptors (Lipinski definition) is 2. The number of amides is 1. The first kappa shape index (κ1) is 10.5. The lowest BCUT2D eigenvalue weighted by molar-refractivity contribution is -0.147. The molecule has 1 N–H and O–H groups in total. The van der Waals surface area contributed by atoms with E-state index in [-0.39, 0.29) is 17.7 Å². The van der Waals surface area contributed by atoms with E-state index in [0.717, 1.165) is 12.8 Å². The molecular formula is C11H17NO3. The van der Waals surface area contributed by atoms with Crippen LogP contribution in [-0.4, -0.2) is 35.0 Å². The van der Waals surface area contributed by atoms with Crippen molar-refractivity contribution >= 4 is 11.9 Å². The van der Waals surface area contributed by atoms with E-state index in [1.165, 1.54) is 6.42 Å². The molecule has 1 aliphatic heterocycles. The molecule has 15 heavy (non-hydrogen) atoms. The number of rotatable bonds is 2. The summed E-state index contributed by atoms with van der Waals surface area (Å²) in [4.78, 5) is 24.4. The van der Waals surface area contributed by atoms with E-state index in [2.05, 4.69) is 0 Å². The van der Waals surface area contributed by atoms with Gasteiger partial charge in [-0.1, -0.05) is 6.42 Å². The van der Waals surface area contributed by atoms with Crippen molar-refractivity contribution in [3.8, 4) is 0 Å². The highest BCUT2D eigenvalue weighted by atomic mass is 16.4. The van der Waals surface area contributed by atoms with Crippen LogP contribution >= 0.6 is 0 Å². The average molecular weight is 211 g/mol. The van der Waals surface area contributed by atoms with Gasteiger partial charge >= 0.3 is 5.97 Å². The molecule has 2 aliphatic rings. The van der Waals surface area contributed by atoms with Gasteiger partial charge in [-0.3, -0.25) is 9.59 Å². The monoisotopic (exact) mass is 211 g/mol. The van der Waals surface area contributed by atoms with Crippen molar-refractivity contribution in [2.24, 2.45) is 11.8 Å². The summed E-state index contributed by atoms with van der Waals surface area (Å²) in [5.41, 5.74) is 0. The summed E-state index contributed by atoms with van der Waals surface area (Å²) >= 11 is 0. The Bertz CT molecular complexity index is 265. The summed E-state index contributed by atoms with van der Waals surface area (Å²) in [6.07, 6.45) is 4.46. The van der Waals surface area contributed by atoms with Crippen LogP contribution in [0.4, 0.5) is 0 Å². The molecule has 1 saturated heterocycles. The van der Waals surface area contributed by atoms with Crippen LogP contribution in [0, 0.1) is 11.8 Å². The van der Waals surface area contributed by atoms with Crippen molar-refractivity contribution in [3.63, 3.8) is 0 Å². The molecule has 4 heteroatoms. The predicted octanol–water partition coefficient (Wildman–Crippen LogP) is 1.11. The van der Waals surface area contributed by atoms with Crippen molar-refractivity contribution in [2.75, 3.05) is 13.1 Å². The van der Waals surface area contributed by atoms with Gasteiger partial charge in [0.25, 0.3) is 0 Å². The van der Waals surface area contributed by atoms with Gasteiger partial charge < -0.3 is 10.0 Å². The van der Waals surface area contributed by atoms with Crippen LogP contribution in [0.25, 0.3) is 0 Å². The van der Waals surface area contributed by atoms with Crippen molar-refractivity contribution in [3.05, 3.63) is 0 Å². The molecule has 4 nitrogen and oxygen atoms in total. The Morgan fingerprint density at radius 2 is 1.60 bits per heavy atom. The van der Waals surface area contributed by atoms with Gasteiger partial charge in [0, 0.05) is 19.0 Å². The smallest absolute Gasteiger partial charge is 0.306 e. The van der Waals surface area contributed by atoms with Gasteiger partial charge in [0.15, 0.2) is 0 Å². The van der Waals surface area contributed by atoms with Gasteiger partial charge in [-0.05, 0) is 25.7 Å². The van der Waals surface area contributed by atoms with Crippen LogP contribution < -0.4 is 0 Å². The van der Waals surface area contributed by atoms with E-state index in [1.807, 2.05) is 4.90 Å². The number of likely N-dealkylation sites (tertiary alicyclic amines) is 1. The highest BCUT2D eigenvalue weighted by Gasteiger charge is 2.32. The molecule has 0 spiro atoms. The zero-order valence-electron chi connectivity index (χ0n) is 8.82. The van der Waals surface area contributed by atoms with E-state index in [9.17, 15) is 9.59 Å². The molecular weight excluding hydrogens is 194 g/mol. The van der Waals surface area contributed by atoms with Crippen LogP contribution in [0.15, 0.2) is 0 Å². The SMILES string of the molecule is O=C(O)C1CCN(C(=O)C2CCC2)CC1. The average Bonchev–Trinajstić information content (AvgIpc) is 2.15. The Balaban J connectivity index is 1.82. The molecule has 0 unspecified atom stereocenters. The second-order valence-corrected chi connectivity index (χ2v) is 4.57. The predicted molar refractivity (Wildman–Crippen MR) is 54.3 cm³/mol. The quantitative estimate of drug-likeness (QED) is 0.744. The first-order valence-electron chi connectivity index (χ1n) is 5.70. The van der Waals surface area contributed by atoms with E-state index in [0.29, 0.717) is 25.9 Å². The first-order valence-corrected chi connectivity index (χ1v) is 5.70. The highest BCUT2D eigenvalue weighted by molar-refractivity contribution is 5.80. The molecule has 0 aromatic rings. The minimum absolute atomic E-state index is 0.240. The fourth-order valence-electron chi connectivity index (χ4n) is 2.26. The Hall–Kier alpha value is -1.06. The van der Waals surface area contributed by atoms with Crippen molar-refractivity contribution in [1.82, 2.24) is 4.90 Å². The number of aliphatic carboxylic acids is 1. The molecule has 1 aliphatic carbocycles. The summed E-state index contributed by atoms with van der Waals surface area (Å²) in [5.74, 6) is -0.461. The second kappa shape index (κ2) is 4.21. The Kier molecular flexibility index (Phi) is 2.93. The molecule has 0 aromatic carbocycles. The Morgan fingerprint density at radius 3 is 2.00 bits per heavy atom. The molecule has 1 heterocycles. The maximum Gasteiger partial charge on any atom is 0.306 e. The normalized spacial score (nSPS) is 23.6. The largest absolute Gasteiger partial charge is 0.481 e. The molecule has 2 fully saturated rings. The van der Waals surface area contributed by atoms with Gasteiger partial charge in [0.2, 0.25) is 5.91 Å². The number of piperidine rings is 1. The van der Waals surface area contributed by atoms with E-state index >= 15 is 0 Å². The zero-order valence-corrected chi connectivity index (χ0v) is 8.82. The van der Waals surface area contributed by atoms with Gasteiger partial charge in [0.05, 0.1) is 5.92 Å². The molecule has 1 saturated carbocycles. The molecule has 1 amide bonds. The van der Waals surface area contributed by atoms with Crippen LogP contribution in [0.5, 0.6) is 0 Å². The van der Waals surface area contributed by atoms with Crippen LogP contribution in [0.2, 0.25) is 0 Å². The lowest BCUT2D eigenvalue weighted by Gasteiger charge is -2.35. The van der Waals surface area contributed by atoms with Crippen molar-refractivity contribution in [2.45, 2.75) is 32.1 Å². The number of nitrogens with zero attached hydrogens (tertiary/aromatic N) is 1. The third-order valence-corrected chi connectivity index (χ3v) is 3.61. The molecule has 0 atom stereocenters. The highest BCUT2D eigenvalue weighted by Crippen LogP contribution is 2.29. The van der Waals surface area contributed by atoms with E-state index in [4.69, 9.17) is 5.11 Å². The number of carboxylic acid groups (broad SMARTS) is 1. The minimum Gasteiger partial charge on any atom is -0.481 e. The number of carboxylic acids is 1. The second-order valence-electron chi connectivity index (χ2n) is 4.57. The first-order chi connectivity index (χ1) is 7.18. The van der Waals surface area contributed by atoms with Gasteiger partial charge in [0.1, 0.15) is 0 Å². The lowest BCUT2D eigenvalue weighted by Crippen LogP contribution is -2.44. The number of carbonyl (C=O) groups excluding carboxylic acids is 1. The molecule has 0 bridgehead atoms.